The third-order valence-corrected chi connectivity index (χ3v) is 5.86. The van der Waals surface area contributed by atoms with Crippen LogP contribution in [0.5, 0.6) is 11.5 Å². The molecule has 7 nitrogen and oxygen atoms in total. The standard InChI is InChI=1S/C27H22N2O5/c1-33-23-10-7-18(14-24(23)34-16-17-5-3-2-4-6-17)13-19-11-12-29-25(19)28-22-15-20(27(31)32)8-9-21(22)26(29)30/h2-10,13-15H,11-12,16H2,1H3,(H,31,32)/b19-13+. The minimum Gasteiger partial charge on any atom is -0.493 e. The summed E-state index contributed by atoms with van der Waals surface area (Å²) in [5, 5.41) is 9.71. The number of benzene rings is 3. The van der Waals surface area contributed by atoms with Gasteiger partial charge in [-0.15, -0.1) is 0 Å². The molecule has 0 fully saturated rings. The highest BCUT2D eigenvalue weighted by Crippen LogP contribution is 2.32. The highest BCUT2D eigenvalue weighted by molar-refractivity contribution is 5.93. The van der Waals surface area contributed by atoms with E-state index in [9.17, 15) is 14.7 Å². The smallest absolute Gasteiger partial charge is 0.335 e. The van der Waals surface area contributed by atoms with Gasteiger partial charge in [-0.05, 0) is 59.5 Å². The summed E-state index contributed by atoms with van der Waals surface area (Å²) in [5.74, 6) is 0.754. The molecule has 4 aromatic rings. The van der Waals surface area contributed by atoms with Crippen LogP contribution in [0.1, 0.15) is 33.7 Å². The van der Waals surface area contributed by atoms with E-state index in [4.69, 9.17) is 9.47 Å². The molecule has 0 atom stereocenters. The summed E-state index contributed by atoms with van der Waals surface area (Å²) >= 11 is 0. The molecular formula is C27H22N2O5. The molecule has 2 heterocycles. The molecule has 0 spiro atoms. The number of hydrogen-bond donors (Lipinski definition) is 1. The summed E-state index contributed by atoms with van der Waals surface area (Å²) in [6, 6.07) is 20.0. The van der Waals surface area contributed by atoms with E-state index in [1.165, 1.54) is 18.2 Å². The monoisotopic (exact) mass is 454 g/mol. The van der Waals surface area contributed by atoms with Crippen molar-refractivity contribution < 1.29 is 19.4 Å². The first-order valence-corrected chi connectivity index (χ1v) is 10.9. The Morgan fingerprint density at radius 1 is 1.09 bits per heavy atom. The Balaban J connectivity index is 1.51. The average Bonchev–Trinajstić information content (AvgIpc) is 3.26. The lowest BCUT2D eigenvalue weighted by molar-refractivity contribution is 0.0697. The summed E-state index contributed by atoms with van der Waals surface area (Å²) in [4.78, 5) is 29.0. The van der Waals surface area contributed by atoms with Crippen molar-refractivity contribution in [3.05, 3.63) is 99.6 Å². The number of nitrogens with zero attached hydrogens (tertiary/aromatic N) is 2. The van der Waals surface area contributed by atoms with Crippen molar-refractivity contribution in [2.75, 3.05) is 7.11 Å². The molecular weight excluding hydrogens is 432 g/mol. The van der Waals surface area contributed by atoms with Gasteiger partial charge in [-0.2, -0.15) is 0 Å². The molecule has 34 heavy (non-hydrogen) atoms. The Kier molecular flexibility index (Phi) is 5.59. The molecule has 1 N–H and O–H groups in total. The first kappa shape index (κ1) is 21.5. The van der Waals surface area contributed by atoms with E-state index in [1.54, 1.807) is 11.7 Å². The Hall–Kier alpha value is -4.39. The van der Waals surface area contributed by atoms with Crippen LogP contribution in [0, 0.1) is 0 Å². The topological polar surface area (TPSA) is 90.7 Å². The Bertz CT molecular complexity index is 1490. The van der Waals surface area contributed by atoms with E-state index in [1.807, 2.05) is 54.6 Å². The minimum atomic E-state index is -1.05. The van der Waals surface area contributed by atoms with Gasteiger partial charge >= 0.3 is 5.97 Å². The lowest BCUT2D eigenvalue weighted by atomic mass is 10.1. The Morgan fingerprint density at radius 2 is 1.91 bits per heavy atom. The molecule has 0 bridgehead atoms. The fourth-order valence-corrected chi connectivity index (χ4v) is 4.12. The normalized spacial score (nSPS) is 13.7. The van der Waals surface area contributed by atoms with Crippen molar-refractivity contribution >= 4 is 28.5 Å². The van der Waals surface area contributed by atoms with Crippen molar-refractivity contribution in [2.45, 2.75) is 19.6 Å². The maximum Gasteiger partial charge on any atom is 0.335 e. The van der Waals surface area contributed by atoms with Crippen LogP contribution in [0.2, 0.25) is 0 Å². The van der Waals surface area contributed by atoms with E-state index >= 15 is 0 Å². The van der Waals surface area contributed by atoms with Crippen molar-refractivity contribution in [3.8, 4) is 11.5 Å². The van der Waals surface area contributed by atoms with Crippen LogP contribution >= 0.6 is 0 Å². The second-order valence-electron chi connectivity index (χ2n) is 8.03. The number of aromatic carboxylic acids is 1. The molecule has 0 saturated carbocycles. The Labute approximate surface area is 195 Å². The van der Waals surface area contributed by atoms with Crippen LogP contribution in [-0.2, 0) is 13.2 Å². The maximum atomic E-state index is 13.0. The molecule has 0 aliphatic carbocycles. The van der Waals surface area contributed by atoms with Crippen LogP contribution in [0.25, 0.3) is 22.6 Å². The number of allylic oxidation sites excluding steroid dienone is 1. The lowest BCUT2D eigenvalue weighted by Crippen LogP contribution is -2.21. The van der Waals surface area contributed by atoms with Crippen LogP contribution in [0.4, 0.5) is 0 Å². The zero-order chi connectivity index (χ0) is 23.7. The fourth-order valence-electron chi connectivity index (χ4n) is 4.12. The number of methoxy groups -OCH3 is 1. The van der Waals surface area contributed by atoms with E-state index < -0.39 is 5.97 Å². The predicted octanol–water partition coefficient (Wildman–Crippen LogP) is 4.63. The highest BCUT2D eigenvalue weighted by atomic mass is 16.5. The summed E-state index contributed by atoms with van der Waals surface area (Å²) in [6.45, 7) is 0.937. The average molecular weight is 454 g/mol. The second-order valence-corrected chi connectivity index (χ2v) is 8.03. The zero-order valence-electron chi connectivity index (χ0n) is 18.5. The van der Waals surface area contributed by atoms with Crippen molar-refractivity contribution in [1.82, 2.24) is 9.55 Å². The van der Waals surface area contributed by atoms with Gasteiger partial charge in [0.25, 0.3) is 5.56 Å². The number of hydrogen-bond acceptors (Lipinski definition) is 5. The van der Waals surface area contributed by atoms with Gasteiger partial charge in [-0.25, -0.2) is 9.78 Å². The molecule has 0 radical (unpaired) electrons. The second kappa shape index (κ2) is 8.86. The molecule has 7 heteroatoms. The van der Waals surface area contributed by atoms with Gasteiger partial charge in [0.05, 0.1) is 23.6 Å². The van der Waals surface area contributed by atoms with Gasteiger partial charge in [0.2, 0.25) is 0 Å². The molecule has 170 valence electrons. The number of aromatic nitrogens is 2. The summed E-state index contributed by atoms with van der Waals surface area (Å²) < 4.78 is 13.1. The zero-order valence-corrected chi connectivity index (χ0v) is 18.5. The number of rotatable bonds is 6. The van der Waals surface area contributed by atoms with Crippen LogP contribution in [-0.4, -0.2) is 27.7 Å². The van der Waals surface area contributed by atoms with E-state index in [0.717, 1.165) is 16.7 Å². The lowest BCUT2D eigenvalue weighted by Gasteiger charge is -2.12. The quantitative estimate of drug-likeness (QED) is 0.457. The van der Waals surface area contributed by atoms with Crippen LogP contribution in [0.15, 0.2) is 71.5 Å². The van der Waals surface area contributed by atoms with Gasteiger partial charge < -0.3 is 14.6 Å². The number of carboxylic acids is 1. The van der Waals surface area contributed by atoms with Crippen molar-refractivity contribution in [3.63, 3.8) is 0 Å². The van der Waals surface area contributed by atoms with E-state index in [0.29, 0.717) is 47.8 Å². The van der Waals surface area contributed by atoms with Crippen molar-refractivity contribution in [2.24, 2.45) is 0 Å². The van der Waals surface area contributed by atoms with Crippen LogP contribution < -0.4 is 15.0 Å². The van der Waals surface area contributed by atoms with Gasteiger partial charge in [0.15, 0.2) is 11.5 Å². The van der Waals surface area contributed by atoms with Gasteiger partial charge in [-0.3, -0.25) is 9.36 Å². The molecule has 1 aliphatic heterocycles. The minimum absolute atomic E-state index is 0.100. The molecule has 0 unspecified atom stereocenters. The molecule has 3 aromatic carbocycles. The SMILES string of the molecule is COc1ccc(/C=C2\CCn3c2nc2cc(C(=O)O)ccc2c3=O)cc1OCc1ccccc1. The summed E-state index contributed by atoms with van der Waals surface area (Å²) in [6.07, 6.45) is 2.63. The highest BCUT2D eigenvalue weighted by Gasteiger charge is 2.21. The summed E-state index contributed by atoms with van der Waals surface area (Å²) in [7, 11) is 1.60. The number of carboxylic acid groups (broad SMARTS) is 1. The number of fused-ring (bicyclic) bond motifs is 2. The maximum absolute atomic E-state index is 13.0. The first-order valence-electron chi connectivity index (χ1n) is 10.9. The summed E-state index contributed by atoms with van der Waals surface area (Å²) in [5.41, 5.74) is 3.16. The van der Waals surface area contributed by atoms with Gasteiger partial charge in [0, 0.05) is 6.54 Å². The van der Waals surface area contributed by atoms with E-state index in [2.05, 4.69) is 4.98 Å². The largest absolute Gasteiger partial charge is 0.493 e. The number of ether oxygens (including phenoxy) is 2. The third-order valence-electron chi connectivity index (χ3n) is 5.86. The molecule has 1 aliphatic rings. The molecule has 0 amide bonds. The van der Waals surface area contributed by atoms with E-state index in [-0.39, 0.29) is 11.1 Å². The molecule has 5 rings (SSSR count). The van der Waals surface area contributed by atoms with Gasteiger partial charge in [0.1, 0.15) is 12.4 Å². The predicted molar refractivity (Wildman–Crippen MR) is 129 cm³/mol. The molecule has 0 saturated heterocycles. The fraction of sp³-hybridized carbons (Fsp3) is 0.148. The number of carbonyl (C=O) groups is 1. The molecule has 1 aromatic heterocycles. The van der Waals surface area contributed by atoms with Crippen molar-refractivity contribution in [1.29, 1.82) is 0 Å². The third kappa shape index (κ3) is 4.03. The Morgan fingerprint density at radius 3 is 2.68 bits per heavy atom. The van der Waals surface area contributed by atoms with Gasteiger partial charge in [-0.1, -0.05) is 36.4 Å². The van der Waals surface area contributed by atoms with Crippen LogP contribution in [0.3, 0.4) is 0 Å². The first-order chi connectivity index (χ1) is 16.5.